The summed E-state index contributed by atoms with van der Waals surface area (Å²) < 4.78 is 11.3. The van der Waals surface area contributed by atoms with Gasteiger partial charge in [-0.05, 0) is 25.0 Å². The van der Waals surface area contributed by atoms with Crippen LogP contribution in [0, 0.1) is 0 Å². The molecule has 1 aliphatic heterocycles. The molecule has 1 aromatic rings. The van der Waals surface area contributed by atoms with Gasteiger partial charge in [0.2, 0.25) is 0 Å². The minimum Gasteiger partial charge on any atom is -0.480 e. The molecule has 0 aliphatic carbocycles. The fourth-order valence-corrected chi connectivity index (χ4v) is 3.60. The average Bonchev–Trinajstić information content (AvgIpc) is 2.49. The summed E-state index contributed by atoms with van der Waals surface area (Å²) in [5, 5.41) is 9.47. The summed E-state index contributed by atoms with van der Waals surface area (Å²) in [6.45, 7) is 3.35. The highest BCUT2D eigenvalue weighted by Gasteiger charge is 2.38. The van der Waals surface area contributed by atoms with Crippen molar-refractivity contribution < 1.29 is 29.0 Å². The molecule has 9 heteroatoms. The number of carbonyl (C=O) groups excluding carboxylic acids is 1. The lowest BCUT2D eigenvalue weighted by atomic mass is 9.94. The molecule has 2 amide bonds. The van der Waals surface area contributed by atoms with Crippen molar-refractivity contribution in [1.29, 1.82) is 0 Å². The second kappa shape index (κ2) is 6.93. The van der Waals surface area contributed by atoms with Crippen LogP contribution < -0.4 is 0 Å². The first kappa shape index (κ1) is 18.4. The van der Waals surface area contributed by atoms with E-state index in [4.69, 9.17) is 0 Å². The van der Waals surface area contributed by atoms with E-state index < -0.39 is 38.0 Å². The second-order valence-corrected chi connectivity index (χ2v) is 7.72. The molecule has 3 N–H and O–H groups in total. The molecule has 0 radical (unpaired) electrons. The lowest BCUT2D eigenvalue weighted by Crippen LogP contribution is -2.55. The van der Waals surface area contributed by atoms with Gasteiger partial charge in [-0.15, -0.1) is 0 Å². The maximum atomic E-state index is 12.8. The van der Waals surface area contributed by atoms with Crippen LogP contribution in [0.1, 0.15) is 25.0 Å². The van der Waals surface area contributed by atoms with Crippen LogP contribution >= 0.6 is 7.60 Å². The summed E-state index contributed by atoms with van der Waals surface area (Å²) in [7, 11) is -4.46. The maximum absolute atomic E-state index is 12.8. The Morgan fingerprint density at radius 2 is 1.88 bits per heavy atom. The fourth-order valence-electron chi connectivity index (χ4n) is 2.75. The maximum Gasteiger partial charge on any atom is 0.344 e. The predicted octanol–water partition coefficient (Wildman–Crippen LogP) is 1.46. The quantitative estimate of drug-likeness (QED) is 0.703. The van der Waals surface area contributed by atoms with Crippen molar-refractivity contribution in [3.05, 3.63) is 35.4 Å². The fraction of sp³-hybridized carbons (Fsp3) is 0.467. The number of benzene rings is 1. The Labute approximate surface area is 139 Å². The van der Waals surface area contributed by atoms with Crippen molar-refractivity contribution >= 4 is 19.6 Å². The van der Waals surface area contributed by atoms with Crippen molar-refractivity contribution in [1.82, 2.24) is 9.80 Å². The van der Waals surface area contributed by atoms with Gasteiger partial charge in [0.15, 0.2) is 0 Å². The molecule has 1 heterocycles. The first-order valence-electron chi connectivity index (χ1n) is 7.51. The number of nitrogens with zero attached hydrogens (tertiary/aromatic N) is 2. The van der Waals surface area contributed by atoms with E-state index in [1.54, 1.807) is 19.9 Å². The van der Waals surface area contributed by atoms with Gasteiger partial charge in [-0.25, -0.2) is 9.59 Å². The highest BCUT2D eigenvalue weighted by Crippen LogP contribution is 2.36. The summed E-state index contributed by atoms with van der Waals surface area (Å²) >= 11 is 0. The monoisotopic (exact) mass is 356 g/mol. The number of hydrogen-bond acceptors (Lipinski definition) is 3. The van der Waals surface area contributed by atoms with Crippen molar-refractivity contribution in [2.75, 3.05) is 6.29 Å². The molecule has 0 aromatic heterocycles. The van der Waals surface area contributed by atoms with E-state index in [1.165, 1.54) is 4.90 Å². The van der Waals surface area contributed by atoms with Gasteiger partial charge in [-0.3, -0.25) is 4.57 Å². The van der Waals surface area contributed by atoms with E-state index in [9.17, 15) is 29.0 Å². The molecule has 1 aliphatic rings. The summed E-state index contributed by atoms with van der Waals surface area (Å²) in [6.07, 6.45) is -0.576. The Balaban J connectivity index is 2.34. The van der Waals surface area contributed by atoms with Crippen LogP contribution in [0.3, 0.4) is 0 Å². The van der Waals surface area contributed by atoms with Crippen molar-refractivity contribution in [2.45, 2.75) is 38.9 Å². The highest BCUT2D eigenvalue weighted by molar-refractivity contribution is 7.51. The first-order chi connectivity index (χ1) is 11.1. The smallest absolute Gasteiger partial charge is 0.344 e. The van der Waals surface area contributed by atoms with Crippen molar-refractivity contribution in [2.24, 2.45) is 0 Å². The van der Waals surface area contributed by atoms with Gasteiger partial charge in [0.25, 0.3) is 0 Å². The van der Waals surface area contributed by atoms with Gasteiger partial charge in [-0.1, -0.05) is 24.3 Å². The van der Waals surface area contributed by atoms with Crippen LogP contribution in [0.5, 0.6) is 0 Å². The molecule has 1 atom stereocenters. The minimum atomic E-state index is -4.46. The molecule has 24 heavy (non-hydrogen) atoms. The zero-order valence-corrected chi connectivity index (χ0v) is 14.4. The molecule has 8 nitrogen and oxygen atoms in total. The Morgan fingerprint density at radius 3 is 2.38 bits per heavy atom. The molecule has 0 bridgehead atoms. The Bertz CT molecular complexity index is 686. The zero-order chi connectivity index (χ0) is 18.1. The lowest BCUT2D eigenvalue weighted by molar-refractivity contribution is -0.142. The third-order valence-electron chi connectivity index (χ3n) is 3.98. The summed E-state index contributed by atoms with van der Waals surface area (Å²) in [5.74, 6) is -1.14. The number of carboxylic acids is 1. The molecule has 1 aromatic carbocycles. The van der Waals surface area contributed by atoms with E-state index in [0.717, 1.165) is 16.0 Å². The molecule has 0 saturated heterocycles. The van der Waals surface area contributed by atoms with Crippen LogP contribution in [-0.2, 0) is 22.3 Å². The van der Waals surface area contributed by atoms with Gasteiger partial charge in [0, 0.05) is 19.0 Å². The third kappa shape index (κ3) is 4.14. The van der Waals surface area contributed by atoms with Gasteiger partial charge in [0.05, 0.1) is 0 Å². The van der Waals surface area contributed by atoms with Gasteiger partial charge in [0.1, 0.15) is 12.3 Å². The van der Waals surface area contributed by atoms with Crippen LogP contribution in [0.15, 0.2) is 24.3 Å². The predicted molar refractivity (Wildman–Crippen MR) is 86.4 cm³/mol. The second-order valence-electron chi connectivity index (χ2n) is 6.11. The van der Waals surface area contributed by atoms with Crippen LogP contribution in [0.2, 0.25) is 0 Å². The van der Waals surface area contributed by atoms with Gasteiger partial charge in [-0.2, -0.15) is 0 Å². The lowest BCUT2D eigenvalue weighted by Gasteiger charge is -2.39. The number of fused-ring (bicyclic) bond motifs is 1. The molecular formula is C15H21N2O6P. The van der Waals surface area contributed by atoms with E-state index in [-0.39, 0.29) is 13.0 Å². The molecule has 2 rings (SSSR count). The zero-order valence-electron chi connectivity index (χ0n) is 13.5. The van der Waals surface area contributed by atoms with Crippen LogP contribution in [0.25, 0.3) is 0 Å². The van der Waals surface area contributed by atoms with Crippen molar-refractivity contribution in [3.8, 4) is 0 Å². The summed E-state index contributed by atoms with van der Waals surface area (Å²) in [4.78, 5) is 45.0. The molecular weight excluding hydrogens is 335 g/mol. The Kier molecular flexibility index (Phi) is 5.32. The number of aliphatic carboxylic acids is 1. The van der Waals surface area contributed by atoms with E-state index in [2.05, 4.69) is 0 Å². The highest BCUT2D eigenvalue weighted by atomic mass is 31.2. The number of carbonyl (C=O) groups is 2. The number of hydrogen-bond donors (Lipinski definition) is 3. The van der Waals surface area contributed by atoms with E-state index in [0.29, 0.717) is 0 Å². The number of carboxylic acid groups (broad SMARTS) is 1. The standard InChI is InChI=1S/C15H21N2O6P/c1-10(2)17(9-24(21,22)23)15(20)16-8-12-6-4-3-5-11(12)7-13(16)14(18)19/h3-6,10,13H,7-9H2,1-2H3,(H,18,19)(H2,21,22,23). The van der Waals surface area contributed by atoms with E-state index in [1.807, 2.05) is 18.2 Å². The Morgan fingerprint density at radius 1 is 1.29 bits per heavy atom. The normalized spacial score (nSPS) is 17.5. The largest absolute Gasteiger partial charge is 0.480 e. The molecule has 132 valence electrons. The number of amides is 2. The van der Waals surface area contributed by atoms with Crippen LogP contribution in [0.4, 0.5) is 4.79 Å². The third-order valence-corrected chi connectivity index (χ3v) is 4.66. The number of urea groups is 1. The van der Waals surface area contributed by atoms with Gasteiger partial charge < -0.3 is 24.7 Å². The van der Waals surface area contributed by atoms with Gasteiger partial charge >= 0.3 is 19.6 Å². The van der Waals surface area contributed by atoms with Crippen molar-refractivity contribution in [3.63, 3.8) is 0 Å². The minimum absolute atomic E-state index is 0.0936. The topological polar surface area (TPSA) is 118 Å². The molecule has 0 fully saturated rings. The summed E-state index contributed by atoms with van der Waals surface area (Å²) in [5.41, 5.74) is 1.70. The first-order valence-corrected chi connectivity index (χ1v) is 9.31. The summed E-state index contributed by atoms with van der Waals surface area (Å²) in [6, 6.07) is 5.03. The SMILES string of the molecule is CC(C)N(CP(=O)(O)O)C(=O)N1Cc2ccccc2CC1C(=O)O. The number of rotatable bonds is 4. The Hall–Kier alpha value is -1.89. The molecule has 1 unspecified atom stereocenters. The molecule has 0 saturated carbocycles. The average molecular weight is 356 g/mol. The van der Waals surface area contributed by atoms with E-state index >= 15 is 0 Å². The van der Waals surface area contributed by atoms with Crippen LogP contribution in [-0.4, -0.2) is 55.1 Å². The molecule has 0 spiro atoms.